The third-order valence-electron chi connectivity index (χ3n) is 4.29. The summed E-state index contributed by atoms with van der Waals surface area (Å²) in [6, 6.07) is 10.9. The van der Waals surface area contributed by atoms with Crippen molar-refractivity contribution in [2.75, 3.05) is 6.54 Å². The third kappa shape index (κ3) is 2.99. The van der Waals surface area contributed by atoms with E-state index in [9.17, 15) is 24.5 Å². The van der Waals surface area contributed by atoms with Gasteiger partial charge < -0.3 is 0 Å². The molecule has 1 heterocycles. The van der Waals surface area contributed by atoms with Gasteiger partial charge in [-0.3, -0.25) is 29.4 Å². The number of benzene rings is 2. The van der Waals surface area contributed by atoms with E-state index in [0.29, 0.717) is 5.56 Å². The Labute approximate surface area is 149 Å². The highest BCUT2D eigenvalue weighted by molar-refractivity contribution is 6.24. The average Bonchev–Trinajstić information content (AvgIpc) is 2.87. The Morgan fingerprint density at radius 1 is 1.08 bits per heavy atom. The predicted octanol–water partition coefficient (Wildman–Crippen LogP) is 3.03. The average molecular weight is 352 g/mol. The molecule has 0 fully saturated rings. The zero-order chi connectivity index (χ0) is 18.8. The van der Waals surface area contributed by atoms with E-state index in [2.05, 4.69) is 6.92 Å². The fourth-order valence-corrected chi connectivity index (χ4v) is 2.99. The summed E-state index contributed by atoms with van der Waals surface area (Å²) in [7, 11) is 0. The molecular formula is C19H16N2O5. The summed E-state index contributed by atoms with van der Waals surface area (Å²) >= 11 is 0. The van der Waals surface area contributed by atoms with Crippen LogP contribution in [0.1, 0.15) is 50.0 Å². The maximum Gasteiger partial charge on any atom is 0.282 e. The molecule has 0 aliphatic carbocycles. The van der Waals surface area contributed by atoms with Crippen molar-refractivity contribution in [2.24, 2.45) is 0 Å². The molecule has 0 saturated carbocycles. The molecule has 26 heavy (non-hydrogen) atoms. The number of ketones is 1. The summed E-state index contributed by atoms with van der Waals surface area (Å²) in [5.41, 5.74) is 0.750. The highest BCUT2D eigenvalue weighted by Crippen LogP contribution is 2.30. The Morgan fingerprint density at radius 2 is 1.77 bits per heavy atom. The van der Waals surface area contributed by atoms with Gasteiger partial charge in [0.2, 0.25) is 0 Å². The second-order valence-electron chi connectivity index (χ2n) is 6.02. The third-order valence-corrected chi connectivity index (χ3v) is 4.29. The fraction of sp³-hybridized carbons (Fsp3) is 0.211. The first-order valence-electron chi connectivity index (χ1n) is 8.19. The molecule has 2 aromatic rings. The molecule has 2 amide bonds. The summed E-state index contributed by atoms with van der Waals surface area (Å²) in [6.45, 7) is 1.61. The van der Waals surface area contributed by atoms with Crippen molar-refractivity contribution in [1.29, 1.82) is 0 Å². The van der Waals surface area contributed by atoms with Gasteiger partial charge in [-0.05, 0) is 18.1 Å². The topological polar surface area (TPSA) is 97.6 Å². The van der Waals surface area contributed by atoms with Gasteiger partial charge in [-0.25, -0.2) is 0 Å². The van der Waals surface area contributed by atoms with Crippen LogP contribution in [0.25, 0.3) is 0 Å². The monoisotopic (exact) mass is 352 g/mol. The number of nitro benzene ring substituents is 1. The van der Waals surface area contributed by atoms with Crippen LogP contribution in [0, 0.1) is 10.1 Å². The van der Waals surface area contributed by atoms with Gasteiger partial charge in [-0.1, -0.05) is 43.7 Å². The quantitative estimate of drug-likeness (QED) is 0.344. The first-order chi connectivity index (χ1) is 12.4. The Morgan fingerprint density at radius 3 is 2.38 bits per heavy atom. The maximum atomic E-state index is 12.5. The first-order valence-corrected chi connectivity index (χ1v) is 8.19. The van der Waals surface area contributed by atoms with Gasteiger partial charge >= 0.3 is 0 Å². The highest BCUT2D eigenvalue weighted by atomic mass is 16.6. The number of carbonyl (C=O) groups excluding carboxylic acids is 3. The number of hydrogen-bond donors (Lipinski definition) is 0. The van der Waals surface area contributed by atoms with Crippen molar-refractivity contribution in [2.45, 2.75) is 19.8 Å². The van der Waals surface area contributed by atoms with Gasteiger partial charge in [-0.15, -0.1) is 0 Å². The second kappa shape index (κ2) is 6.87. The number of fused-ring (bicyclic) bond motifs is 1. The highest BCUT2D eigenvalue weighted by Gasteiger charge is 2.41. The SMILES string of the molecule is CCCc1ccc(C(=O)CN2C(=O)c3cccc([N+](=O)[O-])c3C2=O)cc1. The van der Waals surface area contributed by atoms with Gasteiger partial charge in [0.25, 0.3) is 17.5 Å². The zero-order valence-electron chi connectivity index (χ0n) is 14.1. The van der Waals surface area contributed by atoms with Gasteiger partial charge in [-0.2, -0.15) is 0 Å². The lowest BCUT2D eigenvalue weighted by atomic mass is 10.1. The molecule has 0 N–H and O–H groups in total. The number of nitro groups is 1. The fourth-order valence-electron chi connectivity index (χ4n) is 2.99. The molecular weight excluding hydrogens is 336 g/mol. The van der Waals surface area contributed by atoms with Crippen LogP contribution < -0.4 is 0 Å². The normalized spacial score (nSPS) is 13.0. The molecule has 2 aromatic carbocycles. The molecule has 7 nitrogen and oxygen atoms in total. The second-order valence-corrected chi connectivity index (χ2v) is 6.02. The van der Waals surface area contributed by atoms with Crippen LogP contribution in [-0.2, 0) is 6.42 Å². The molecule has 0 spiro atoms. The van der Waals surface area contributed by atoms with Crippen LogP contribution in [-0.4, -0.2) is 34.0 Å². The Balaban J connectivity index is 1.84. The van der Waals surface area contributed by atoms with Crippen LogP contribution >= 0.6 is 0 Å². The Bertz CT molecular complexity index is 918. The molecule has 3 rings (SSSR count). The molecule has 132 valence electrons. The number of Topliss-reactive ketones (excluding diaryl/α,β-unsaturated/α-hetero) is 1. The number of carbonyl (C=O) groups is 3. The number of nitrogens with zero attached hydrogens (tertiary/aromatic N) is 2. The first kappa shape index (κ1) is 17.5. The molecule has 0 atom stereocenters. The minimum Gasteiger partial charge on any atom is -0.292 e. The van der Waals surface area contributed by atoms with Crippen LogP contribution in [0.5, 0.6) is 0 Å². The minimum absolute atomic E-state index is 0.0460. The standard InChI is InChI=1S/C19H16N2O5/c1-2-4-12-7-9-13(10-8-12)16(22)11-20-18(23)14-5-3-6-15(21(25)26)17(14)19(20)24/h3,5-10H,2,4,11H2,1H3. The minimum atomic E-state index is -0.812. The number of imide groups is 1. The van der Waals surface area contributed by atoms with Crippen LogP contribution in [0.2, 0.25) is 0 Å². The molecule has 0 unspecified atom stereocenters. The molecule has 1 aliphatic rings. The summed E-state index contributed by atoms with van der Waals surface area (Å²) in [5.74, 6) is -1.90. The van der Waals surface area contributed by atoms with Gasteiger partial charge in [0.15, 0.2) is 5.78 Å². The zero-order valence-corrected chi connectivity index (χ0v) is 14.1. The lowest BCUT2D eigenvalue weighted by molar-refractivity contribution is -0.385. The van der Waals surface area contributed by atoms with Crippen molar-refractivity contribution in [3.8, 4) is 0 Å². The van der Waals surface area contributed by atoms with Gasteiger partial charge in [0.1, 0.15) is 5.56 Å². The van der Waals surface area contributed by atoms with Crippen molar-refractivity contribution < 1.29 is 19.3 Å². The van der Waals surface area contributed by atoms with Crippen LogP contribution in [0.15, 0.2) is 42.5 Å². The van der Waals surface area contributed by atoms with Crippen molar-refractivity contribution >= 4 is 23.3 Å². The Kier molecular flexibility index (Phi) is 4.62. The van der Waals surface area contributed by atoms with E-state index in [1.807, 2.05) is 12.1 Å². The van der Waals surface area contributed by atoms with Crippen LogP contribution in [0.4, 0.5) is 5.69 Å². The summed E-state index contributed by atoms with van der Waals surface area (Å²) < 4.78 is 0. The van der Waals surface area contributed by atoms with Crippen LogP contribution in [0.3, 0.4) is 0 Å². The lowest BCUT2D eigenvalue weighted by Gasteiger charge is -2.12. The van der Waals surface area contributed by atoms with Crippen molar-refractivity contribution in [3.05, 3.63) is 74.8 Å². The predicted molar refractivity (Wildman–Crippen MR) is 93.2 cm³/mol. The number of rotatable bonds is 6. The lowest BCUT2D eigenvalue weighted by Crippen LogP contribution is -2.35. The molecule has 0 aromatic heterocycles. The largest absolute Gasteiger partial charge is 0.292 e. The molecule has 1 aliphatic heterocycles. The number of amides is 2. The van der Waals surface area contributed by atoms with E-state index in [1.165, 1.54) is 18.2 Å². The molecule has 0 radical (unpaired) electrons. The molecule has 7 heteroatoms. The van der Waals surface area contributed by atoms with E-state index in [1.54, 1.807) is 12.1 Å². The number of hydrogen-bond acceptors (Lipinski definition) is 5. The number of aryl methyl sites for hydroxylation is 1. The van der Waals surface area contributed by atoms with Gasteiger partial charge in [0.05, 0.1) is 17.0 Å². The van der Waals surface area contributed by atoms with E-state index in [-0.39, 0.29) is 11.1 Å². The molecule has 0 saturated heterocycles. The van der Waals surface area contributed by atoms with E-state index in [0.717, 1.165) is 23.3 Å². The summed E-state index contributed by atoms with van der Waals surface area (Å²) in [5, 5.41) is 11.1. The molecule has 0 bridgehead atoms. The van der Waals surface area contributed by atoms with E-state index in [4.69, 9.17) is 0 Å². The van der Waals surface area contributed by atoms with Crippen molar-refractivity contribution in [1.82, 2.24) is 4.90 Å². The van der Waals surface area contributed by atoms with Crippen molar-refractivity contribution in [3.63, 3.8) is 0 Å². The van der Waals surface area contributed by atoms with Gasteiger partial charge in [0, 0.05) is 11.6 Å². The Hall–Kier alpha value is -3.35. The van der Waals surface area contributed by atoms with E-state index < -0.39 is 34.8 Å². The smallest absolute Gasteiger partial charge is 0.282 e. The summed E-state index contributed by atoms with van der Waals surface area (Å²) in [6.07, 6.45) is 1.89. The maximum absolute atomic E-state index is 12.5. The summed E-state index contributed by atoms with van der Waals surface area (Å²) in [4.78, 5) is 48.5. The van der Waals surface area contributed by atoms with E-state index >= 15 is 0 Å².